The van der Waals surface area contributed by atoms with Gasteiger partial charge in [-0.2, -0.15) is 5.10 Å². The summed E-state index contributed by atoms with van der Waals surface area (Å²) in [6, 6.07) is 8.99. The molecule has 0 bridgehead atoms. The topological polar surface area (TPSA) is 166 Å². The van der Waals surface area contributed by atoms with Gasteiger partial charge in [-0.05, 0) is 77.9 Å². The van der Waals surface area contributed by atoms with Crippen LogP contribution in [0.4, 0.5) is 4.79 Å². The smallest absolute Gasteiger partial charge is 0.343 e. The molecule has 2 aromatic carbocycles. The summed E-state index contributed by atoms with van der Waals surface area (Å²) in [5.41, 5.74) is 4.54. The number of ether oxygens (including phenoxy) is 5. The first kappa shape index (κ1) is 31.5. The number of hydrazone groups is 1. The van der Waals surface area contributed by atoms with E-state index in [4.69, 9.17) is 18.9 Å². The van der Waals surface area contributed by atoms with E-state index in [1.807, 2.05) is 0 Å². The molecular weight excluding hydrogens is 651 g/mol. The largest absolute Gasteiger partial charge is 0.490 e. The van der Waals surface area contributed by atoms with Crippen molar-refractivity contribution < 1.29 is 43.2 Å². The number of aliphatic hydroxyl groups excluding tert-OH is 1. The number of amides is 2. The van der Waals surface area contributed by atoms with Gasteiger partial charge in [0.05, 0.1) is 42.2 Å². The van der Waals surface area contributed by atoms with Crippen molar-refractivity contribution in [1.82, 2.24) is 16.1 Å². The zero-order valence-corrected chi connectivity index (χ0v) is 25.0. The summed E-state index contributed by atoms with van der Waals surface area (Å²) >= 11 is 2.07. The van der Waals surface area contributed by atoms with Gasteiger partial charge in [0.25, 0.3) is 0 Å². The lowest BCUT2D eigenvalue weighted by molar-refractivity contribution is -0.143. The van der Waals surface area contributed by atoms with Crippen LogP contribution in [0.3, 0.4) is 0 Å². The number of carbonyl (C=O) groups excluding carboxylic acids is 3. The average molecular weight is 682 g/mol. The number of urea groups is 1. The zero-order valence-electron chi connectivity index (χ0n) is 22.9. The molecule has 4 N–H and O–H groups in total. The lowest BCUT2D eigenvalue weighted by Gasteiger charge is -2.28. The molecule has 1 aliphatic heterocycles. The molecule has 41 heavy (non-hydrogen) atoms. The number of halogens is 1. The van der Waals surface area contributed by atoms with E-state index < -0.39 is 30.2 Å². The molecule has 2 aromatic rings. The van der Waals surface area contributed by atoms with E-state index >= 15 is 0 Å². The fourth-order valence-corrected chi connectivity index (χ4v) is 4.43. The summed E-state index contributed by atoms with van der Waals surface area (Å²) in [5, 5.41) is 19.7. The molecule has 0 fully saturated rings. The van der Waals surface area contributed by atoms with Crippen LogP contribution >= 0.6 is 22.6 Å². The van der Waals surface area contributed by atoms with Gasteiger partial charge in [0.15, 0.2) is 24.3 Å². The van der Waals surface area contributed by atoms with E-state index in [-0.39, 0.29) is 18.8 Å². The number of hydrogen-bond acceptors (Lipinski definition) is 11. The Balaban J connectivity index is 1.63. The Kier molecular flexibility index (Phi) is 11.6. The lowest BCUT2D eigenvalue weighted by Crippen LogP contribution is -2.45. The molecule has 13 nitrogen and oxygen atoms in total. The highest BCUT2D eigenvalue weighted by Gasteiger charge is 2.32. The third-order valence-electron chi connectivity index (χ3n) is 5.64. The van der Waals surface area contributed by atoms with E-state index in [1.165, 1.54) is 20.4 Å². The Bertz CT molecular complexity index is 1330. The highest BCUT2D eigenvalue weighted by molar-refractivity contribution is 14.1. The number of nitrogens with zero attached hydrogens (tertiary/aromatic N) is 1. The second-order valence-electron chi connectivity index (χ2n) is 8.47. The monoisotopic (exact) mass is 682 g/mol. The molecule has 2 atom stereocenters. The second-order valence-corrected chi connectivity index (χ2v) is 9.63. The van der Waals surface area contributed by atoms with Gasteiger partial charge in [0.2, 0.25) is 0 Å². The number of aliphatic hydroxyl groups is 1. The fraction of sp³-hybridized carbons (Fsp3) is 0.333. The molecule has 0 saturated heterocycles. The van der Waals surface area contributed by atoms with Crippen LogP contribution < -0.4 is 30.3 Å². The number of benzene rings is 2. The molecule has 0 spiro atoms. The van der Waals surface area contributed by atoms with E-state index in [2.05, 4.69) is 48.5 Å². The highest BCUT2D eigenvalue weighted by Crippen LogP contribution is 2.35. The molecule has 1 heterocycles. The first-order valence-corrected chi connectivity index (χ1v) is 13.5. The van der Waals surface area contributed by atoms with Gasteiger partial charge in [0.1, 0.15) is 12.4 Å². The first-order chi connectivity index (χ1) is 19.7. The molecule has 1 aliphatic rings. The number of esters is 2. The van der Waals surface area contributed by atoms with Gasteiger partial charge >= 0.3 is 18.0 Å². The number of allylic oxidation sites excluding steroid dienone is 1. The summed E-state index contributed by atoms with van der Waals surface area (Å²) in [6.07, 6.45) is 0.361. The molecule has 0 radical (unpaired) electrons. The van der Waals surface area contributed by atoms with E-state index in [0.29, 0.717) is 35.1 Å². The minimum atomic E-state index is -1.15. The summed E-state index contributed by atoms with van der Waals surface area (Å²) in [4.78, 5) is 35.8. The summed E-state index contributed by atoms with van der Waals surface area (Å²) < 4.78 is 27.1. The zero-order chi connectivity index (χ0) is 29.9. The maximum absolute atomic E-state index is 12.4. The van der Waals surface area contributed by atoms with Crippen molar-refractivity contribution in [3.8, 4) is 17.2 Å². The molecular formula is C27H31IN4O9. The molecule has 14 heteroatoms. The van der Waals surface area contributed by atoms with Crippen molar-refractivity contribution in [1.29, 1.82) is 0 Å². The maximum atomic E-state index is 12.4. The van der Waals surface area contributed by atoms with Crippen molar-refractivity contribution >= 4 is 46.8 Å². The van der Waals surface area contributed by atoms with Gasteiger partial charge < -0.3 is 39.4 Å². The van der Waals surface area contributed by atoms with Crippen LogP contribution in [0.1, 0.15) is 31.0 Å². The number of nitrogens with one attached hydrogen (secondary N) is 3. The average Bonchev–Trinajstić information content (AvgIpc) is 2.95. The summed E-state index contributed by atoms with van der Waals surface area (Å²) in [6.45, 7) is 3.39. The van der Waals surface area contributed by atoms with Crippen LogP contribution in [0.25, 0.3) is 0 Å². The highest BCUT2D eigenvalue weighted by atomic mass is 127. The van der Waals surface area contributed by atoms with E-state index in [9.17, 15) is 19.5 Å². The molecule has 3 rings (SSSR count). The number of rotatable bonds is 13. The van der Waals surface area contributed by atoms with Gasteiger partial charge in [0, 0.05) is 5.70 Å². The Morgan fingerprint density at radius 2 is 1.85 bits per heavy atom. The van der Waals surface area contributed by atoms with Crippen molar-refractivity contribution in [2.75, 3.05) is 34.0 Å². The minimum absolute atomic E-state index is 0.162. The van der Waals surface area contributed by atoms with E-state index in [1.54, 1.807) is 50.2 Å². The molecule has 220 valence electrons. The minimum Gasteiger partial charge on any atom is -0.490 e. The quantitative estimate of drug-likeness (QED) is 0.0811. The van der Waals surface area contributed by atoms with E-state index in [0.717, 1.165) is 9.13 Å². The molecule has 0 saturated carbocycles. The number of carbonyl (C=O) groups is 3. The van der Waals surface area contributed by atoms with Crippen LogP contribution in [-0.4, -0.2) is 69.6 Å². The fourth-order valence-electron chi connectivity index (χ4n) is 3.73. The van der Waals surface area contributed by atoms with Crippen molar-refractivity contribution in [2.24, 2.45) is 5.10 Å². The van der Waals surface area contributed by atoms with Gasteiger partial charge in [-0.3, -0.25) is 5.43 Å². The lowest BCUT2D eigenvalue weighted by atomic mass is 9.95. The summed E-state index contributed by atoms with van der Waals surface area (Å²) in [7, 11) is 2.55. The third-order valence-corrected chi connectivity index (χ3v) is 6.48. The Labute approximate surface area is 250 Å². The van der Waals surface area contributed by atoms with Gasteiger partial charge in [-0.1, -0.05) is 6.07 Å². The molecule has 0 aliphatic carbocycles. The third kappa shape index (κ3) is 8.72. The molecule has 2 amide bonds. The Morgan fingerprint density at radius 1 is 1.10 bits per heavy atom. The Morgan fingerprint density at radius 3 is 2.54 bits per heavy atom. The number of hydrogen-bond donors (Lipinski definition) is 4. The van der Waals surface area contributed by atoms with Crippen LogP contribution in [0, 0.1) is 3.57 Å². The molecule has 0 unspecified atom stereocenters. The molecule has 0 aromatic heterocycles. The van der Waals surface area contributed by atoms with Crippen LogP contribution in [0.5, 0.6) is 17.2 Å². The predicted octanol–water partition coefficient (Wildman–Crippen LogP) is 2.36. The van der Waals surface area contributed by atoms with Crippen LogP contribution in [0.2, 0.25) is 0 Å². The van der Waals surface area contributed by atoms with Gasteiger partial charge in [-0.15, -0.1) is 0 Å². The maximum Gasteiger partial charge on any atom is 0.343 e. The number of methoxy groups -OCH3 is 2. The normalized spacial score (nSPS) is 15.5. The van der Waals surface area contributed by atoms with Crippen molar-refractivity contribution in [3.05, 3.63) is 62.4 Å². The van der Waals surface area contributed by atoms with Gasteiger partial charge in [-0.25, -0.2) is 14.4 Å². The van der Waals surface area contributed by atoms with Crippen molar-refractivity contribution in [2.45, 2.75) is 26.1 Å². The van der Waals surface area contributed by atoms with Crippen molar-refractivity contribution in [3.63, 3.8) is 0 Å². The SMILES string of the molecule is CCOc1cc([C@@H]2NC(=O)NC(C)=C2C(=O)OC)ccc1OC[C@@H](O)N/N=C\c1ccc(OCC(=O)OC)c(I)c1. The van der Waals surface area contributed by atoms with Crippen LogP contribution in [0.15, 0.2) is 52.8 Å². The summed E-state index contributed by atoms with van der Waals surface area (Å²) in [5.74, 6) is 0.176. The standard InChI is InChI=1S/C27H31IN4O9/c1-5-39-21-11-17(25-24(26(35)38-4)15(2)30-27(36)31-25)7-9-20(21)40-13-22(33)32-29-12-16-6-8-19(18(28)10-16)41-14-23(34)37-3/h6-12,22,25,32-33H,5,13-14H2,1-4H3,(H2,30,31,36)/b29-12-/t22-,25+/m1/s1. The Hall–Kier alpha value is -4.05. The van der Waals surface area contributed by atoms with Crippen LogP contribution in [-0.2, 0) is 19.1 Å². The second kappa shape index (κ2) is 15.1. The first-order valence-electron chi connectivity index (χ1n) is 12.4. The predicted molar refractivity (Wildman–Crippen MR) is 156 cm³/mol.